The zero-order chi connectivity index (χ0) is 20.4. The number of anilines is 1. The van der Waals surface area contributed by atoms with Crippen LogP contribution in [0.4, 0.5) is 10.1 Å². The van der Waals surface area contributed by atoms with Gasteiger partial charge in [0.2, 0.25) is 0 Å². The van der Waals surface area contributed by atoms with Crippen molar-refractivity contribution >= 4 is 48.9 Å². The molecule has 0 saturated carbocycles. The van der Waals surface area contributed by atoms with E-state index < -0.39 is 4.92 Å². The first-order chi connectivity index (χ1) is 14.0. The summed E-state index contributed by atoms with van der Waals surface area (Å²) in [5.41, 5.74) is 3.01. The molecule has 6 nitrogen and oxygen atoms in total. The molecule has 8 heteroatoms. The van der Waals surface area contributed by atoms with E-state index in [9.17, 15) is 14.9 Å². The van der Waals surface area contributed by atoms with Gasteiger partial charge in [-0.05, 0) is 35.7 Å². The molecule has 0 spiro atoms. The van der Waals surface area contributed by atoms with Gasteiger partial charge in [-0.1, -0.05) is 66.0 Å². The molecule has 4 rings (SSSR count). The average Bonchev–Trinajstić information content (AvgIpc) is 3.39. The number of hydrogen-bond donors (Lipinski definition) is 0. The molecule has 29 heavy (non-hydrogen) atoms. The Morgan fingerprint density at radius 1 is 1.07 bits per heavy atom. The number of amides is 1. The Balaban J connectivity index is 1.75. The summed E-state index contributed by atoms with van der Waals surface area (Å²) in [5, 5.41) is 11.6. The van der Waals surface area contributed by atoms with Crippen LogP contribution in [0.2, 0.25) is 0 Å². The fourth-order valence-corrected chi connectivity index (χ4v) is 4.75. The zero-order valence-electron chi connectivity index (χ0n) is 15.6. The van der Waals surface area contributed by atoms with Gasteiger partial charge in [0.15, 0.2) is 5.13 Å². The third kappa shape index (κ3) is 4.03. The largest absolute Gasteiger partial charge is 0.324 e. The minimum Gasteiger partial charge on any atom is -0.279 e. The number of benzene rings is 2. The maximum Gasteiger partial charge on any atom is 0.324 e. The summed E-state index contributed by atoms with van der Waals surface area (Å²) in [6.45, 7) is 2.43. The van der Waals surface area contributed by atoms with Crippen LogP contribution in [0.15, 0.2) is 60.7 Å². The molecule has 0 unspecified atom stereocenters. The minimum absolute atomic E-state index is 0.0510. The van der Waals surface area contributed by atoms with Crippen molar-refractivity contribution in [1.29, 1.82) is 0 Å². The molecule has 0 aliphatic rings. The highest BCUT2D eigenvalue weighted by atomic mass is 32.1. The number of aromatic nitrogens is 1. The Hall–Kier alpha value is -3.10. The van der Waals surface area contributed by atoms with E-state index in [-0.39, 0.29) is 10.9 Å². The lowest BCUT2D eigenvalue weighted by Gasteiger charge is -2.19. The SMILES string of the molecule is CCc1ccc2nc(N(Cc3ccccc3)C(=O)c3ccc([N+](=O)[O-])s3)sc2c1. The van der Waals surface area contributed by atoms with Crippen molar-refractivity contribution in [2.24, 2.45) is 0 Å². The molecule has 0 saturated heterocycles. The molecule has 146 valence electrons. The van der Waals surface area contributed by atoms with E-state index in [0.717, 1.165) is 33.5 Å². The molecule has 2 aromatic heterocycles. The summed E-state index contributed by atoms with van der Waals surface area (Å²) in [6.07, 6.45) is 0.925. The molecular formula is C21H17N3O3S2. The van der Waals surface area contributed by atoms with Crippen LogP contribution in [0.25, 0.3) is 10.2 Å². The summed E-state index contributed by atoms with van der Waals surface area (Å²) < 4.78 is 1.02. The van der Waals surface area contributed by atoms with Crippen molar-refractivity contribution in [2.75, 3.05) is 4.90 Å². The number of rotatable bonds is 6. The quantitative estimate of drug-likeness (QED) is 0.295. The molecule has 0 aliphatic carbocycles. The maximum atomic E-state index is 13.3. The second kappa shape index (κ2) is 8.10. The number of aryl methyl sites for hydroxylation is 1. The van der Waals surface area contributed by atoms with Crippen LogP contribution >= 0.6 is 22.7 Å². The standard InChI is InChI=1S/C21H17N3O3S2/c1-2-14-8-9-16-18(12-14)29-21(22-16)23(13-15-6-4-3-5-7-15)20(25)17-10-11-19(28-17)24(26)27/h3-12H,2,13H2,1H3. The van der Waals surface area contributed by atoms with Gasteiger partial charge in [0.25, 0.3) is 5.91 Å². The van der Waals surface area contributed by atoms with E-state index in [4.69, 9.17) is 0 Å². The monoisotopic (exact) mass is 423 g/mol. The fraction of sp³-hybridized carbons (Fsp3) is 0.143. The fourth-order valence-electron chi connectivity index (χ4n) is 2.96. The van der Waals surface area contributed by atoms with Crippen LogP contribution in [-0.2, 0) is 13.0 Å². The summed E-state index contributed by atoms with van der Waals surface area (Å²) in [6, 6.07) is 18.6. The number of thiazole rings is 1. The van der Waals surface area contributed by atoms with Crippen molar-refractivity contribution in [1.82, 2.24) is 4.98 Å². The third-order valence-corrected chi connectivity index (χ3v) is 6.56. The minimum atomic E-state index is -0.479. The van der Waals surface area contributed by atoms with Crippen molar-refractivity contribution < 1.29 is 9.72 Å². The number of nitro groups is 1. The van der Waals surface area contributed by atoms with Crippen LogP contribution in [0.5, 0.6) is 0 Å². The molecule has 0 fully saturated rings. The van der Waals surface area contributed by atoms with Gasteiger partial charge in [-0.2, -0.15) is 0 Å². The van der Waals surface area contributed by atoms with Gasteiger partial charge in [0.1, 0.15) is 0 Å². The Morgan fingerprint density at radius 3 is 2.55 bits per heavy atom. The average molecular weight is 424 g/mol. The second-order valence-corrected chi connectivity index (χ2v) is 8.50. The number of hydrogen-bond acceptors (Lipinski definition) is 6. The zero-order valence-corrected chi connectivity index (χ0v) is 17.2. The van der Waals surface area contributed by atoms with Crippen LogP contribution in [0, 0.1) is 10.1 Å². The number of thiophene rings is 1. The molecule has 4 aromatic rings. The molecule has 1 amide bonds. The van der Waals surface area contributed by atoms with E-state index in [1.807, 2.05) is 42.5 Å². The first-order valence-electron chi connectivity index (χ1n) is 9.04. The van der Waals surface area contributed by atoms with Crippen molar-refractivity contribution in [2.45, 2.75) is 19.9 Å². The number of nitrogens with zero attached hydrogens (tertiary/aromatic N) is 3. The molecule has 2 aromatic carbocycles. The van der Waals surface area contributed by atoms with E-state index in [0.29, 0.717) is 16.6 Å². The normalized spacial score (nSPS) is 10.9. The lowest BCUT2D eigenvalue weighted by molar-refractivity contribution is -0.380. The van der Waals surface area contributed by atoms with E-state index in [1.165, 1.54) is 29.0 Å². The van der Waals surface area contributed by atoms with Crippen molar-refractivity contribution in [3.05, 3.63) is 86.8 Å². The molecule has 2 heterocycles. The van der Waals surface area contributed by atoms with Crippen LogP contribution < -0.4 is 4.90 Å². The molecular weight excluding hydrogens is 406 g/mol. The van der Waals surface area contributed by atoms with Gasteiger partial charge in [0.05, 0.1) is 26.6 Å². The molecule has 0 aliphatic heterocycles. The van der Waals surface area contributed by atoms with Gasteiger partial charge < -0.3 is 0 Å². The highest BCUT2D eigenvalue weighted by Crippen LogP contribution is 2.33. The maximum absolute atomic E-state index is 13.3. The molecule has 0 radical (unpaired) electrons. The number of carbonyl (C=O) groups excluding carboxylic acids is 1. The molecule has 0 atom stereocenters. The van der Waals surface area contributed by atoms with Gasteiger partial charge in [-0.15, -0.1) is 0 Å². The van der Waals surface area contributed by atoms with Gasteiger partial charge >= 0.3 is 5.00 Å². The summed E-state index contributed by atoms with van der Waals surface area (Å²) in [5.74, 6) is -0.290. The van der Waals surface area contributed by atoms with Crippen molar-refractivity contribution in [3.63, 3.8) is 0 Å². The Kier molecular flexibility index (Phi) is 5.37. The van der Waals surface area contributed by atoms with Crippen LogP contribution in [0.1, 0.15) is 27.7 Å². The smallest absolute Gasteiger partial charge is 0.279 e. The first kappa shape index (κ1) is 19.2. The van der Waals surface area contributed by atoms with Gasteiger partial charge in [-0.25, -0.2) is 4.98 Å². The summed E-state index contributed by atoms with van der Waals surface area (Å²) in [4.78, 5) is 30.4. The Bertz CT molecular complexity index is 1180. The topological polar surface area (TPSA) is 76.3 Å². The lowest BCUT2D eigenvalue weighted by Crippen LogP contribution is -2.29. The predicted molar refractivity (Wildman–Crippen MR) is 117 cm³/mol. The molecule has 0 N–H and O–H groups in total. The second-order valence-electron chi connectivity index (χ2n) is 6.42. The highest BCUT2D eigenvalue weighted by Gasteiger charge is 2.25. The van der Waals surface area contributed by atoms with Crippen LogP contribution in [0.3, 0.4) is 0 Å². The predicted octanol–water partition coefficient (Wildman–Crippen LogP) is 5.68. The van der Waals surface area contributed by atoms with Gasteiger partial charge in [0, 0.05) is 6.07 Å². The highest BCUT2D eigenvalue weighted by molar-refractivity contribution is 7.22. The van der Waals surface area contributed by atoms with E-state index in [2.05, 4.69) is 18.0 Å². The van der Waals surface area contributed by atoms with Crippen LogP contribution in [-0.4, -0.2) is 15.8 Å². The third-order valence-electron chi connectivity index (χ3n) is 4.49. The summed E-state index contributed by atoms with van der Waals surface area (Å²) in [7, 11) is 0. The Morgan fingerprint density at radius 2 is 1.86 bits per heavy atom. The van der Waals surface area contributed by atoms with Crippen molar-refractivity contribution in [3.8, 4) is 0 Å². The van der Waals surface area contributed by atoms with E-state index >= 15 is 0 Å². The number of fused-ring (bicyclic) bond motifs is 1. The van der Waals surface area contributed by atoms with Gasteiger partial charge in [-0.3, -0.25) is 19.8 Å². The Labute approximate surface area is 175 Å². The lowest BCUT2D eigenvalue weighted by atomic mass is 10.2. The first-order valence-corrected chi connectivity index (χ1v) is 10.7. The number of carbonyl (C=O) groups is 1. The molecule has 0 bridgehead atoms. The van der Waals surface area contributed by atoms with E-state index in [1.54, 1.807) is 4.90 Å². The summed E-state index contributed by atoms with van der Waals surface area (Å²) >= 11 is 2.34.